The fraction of sp³-hybridized carbons (Fsp3) is 0.118. The number of anilines is 1. The van der Waals surface area contributed by atoms with Crippen molar-refractivity contribution < 1.29 is 9.53 Å². The second-order valence-corrected chi connectivity index (χ2v) is 5.11. The number of carbonyl (C=O) groups excluding carboxylic acids is 1. The largest absolute Gasteiger partial charge is 0.496 e. The first-order valence-corrected chi connectivity index (χ1v) is 7.72. The van der Waals surface area contributed by atoms with Gasteiger partial charge < -0.3 is 10.1 Å². The Bertz CT molecular complexity index is 653. The van der Waals surface area contributed by atoms with Crippen molar-refractivity contribution in [1.29, 1.82) is 0 Å². The number of carbonyl (C=O) groups is 1. The van der Waals surface area contributed by atoms with Crippen molar-refractivity contribution >= 4 is 29.4 Å². The number of nitrogens with one attached hydrogen (secondary N) is 1. The third-order valence-corrected chi connectivity index (χ3v) is 3.71. The lowest BCUT2D eigenvalue weighted by molar-refractivity contribution is -0.111. The number of ether oxygens (including phenoxy) is 1. The Kier molecular flexibility index (Phi) is 5.46. The van der Waals surface area contributed by atoms with Crippen molar-refractivity contribution in [3.05, 3.63) is 60.2 Å². The lowest BCUT2D eigenvalue weighted by Crippen LogP contribution is -2.08. The topological polar surface area (TPSA) is 38.3 Å². The van der Waals surface area contributed by atoms with Crippen molar-refractivity contribution in [2.75, 3.05) is 18.7 Å². The minimum atomic E-state index is -0.164. The molecule has 0 atom stereocenters. The molecule has 0 fully saturated rings. The van der Waals surface area contributed by atoms with E-state index >= 15 is 0 Å². The van der Waals surface area contributed by atoms with Crippen LogP contribution in [-0.2, 0) is 4.79 Å². The van der Waals surface area contributed by atoms with Crippen LogP contribution in [0, 0.1) is 0 Å². The van der Waals surface area contributed by atoms with Gasteiger partial charge in [-0.1, -0.05) is 30.3 Å². The summed E-state index contributed by atoms with van der Waals surface area (Å²) in [4.78, 5) is 13.0. The summed E-state index contributed by atoms with van der Waals surface area (Å²) in [5.74, 6) is 0.577. The van der Waals surface area contributed by atoms with Crippen LogP contribution in [0.3, 0.4) is 0 Å². The van der Waals surface area contributed by atoms with E-state index < -0.39 is 0 Å². The van der Waals surface area contributed by atoms with Gasteiger partial charge in [-0.2, -0.15) is 0 Å². The van der Waals surface area contributed by atoms with E-state index in [4.69, 9.17) is 4.74 Å². The molecule has 0 radical (unpaired) electrons. The number of hydrogen-bond acceptors (Lipinski definition) is 3. The first-order chi connectivity index (χ1) is 10.2. The quantitative estimate of drug-likeness (QED) is 0.668. The Balaban J connectivity index is 2.09. The molecule has 0 aromatic heterocycles. The maximum Gasteiger partial charge on any atom is 0.248 e. The highest BCUT2D eigenvalue weighted by Gasteiger charge is 2.03. The molecule has 2 aromatic rings. The molecule has 0 saturated carbocycles. The van der Waals surface area contributed by atoms with Crippen LogP contribution in [0.5, 0.6) is 5.75 Å². The molecule has 0 saturated heterocycles. The molecule has 3 nitrogen and oxygen atoms in total. The van der Waals surface area contributed by atoms with E-state index in [9.17, 15) is 4.79 Å². The number of hydrogen-bond donors (Lipinski definition) is 1. The van der Waals surface area contributed by atoms with E-state index in [0.717, 1.165) is 21.9 Å². The predicted molar refractivity (Wildman–Crippen MR) is 88.9 cm³/mol. The lowest BCUT2D eigenvalue weighted by atomic mass is 10.2. The van der Waals surface area contributed by atoms with Crippen LogP contribution in [0.15, 0.2) is 59.5 Å². The van der Waals surface area contributed by atoms with Crippen LogP contribution in [0.1, 0.15) is 5.56 Å². The van der Waals surface area contributed by atoms with Crippen LogP contribution in [0.2, 0.25) is 0 Å². The summed E-state index contributed by atoms with van der Waals surface area (Å²) < 4.78 is 5.25. The van der Waals surface area contributed by atoms with Gasteiger partial charge in [0.1, 0.15) is 5.75 Å². The summed E-state index contributed by atoms with van der Waals surface area (Å²) in [7, 11) is 1.61. The molecular weight excluding hydrogens is 282 g/mol. The highest BCUT2D eigenvalue weighted by atomic mass is 32.2. The average Bonchev–Trinajstić information content (AvgIpc) is 2.53. The zero-order valence-corrected chi connectivity index (χ0v) is 12.8. The van der Waals surface area contributed by atoms with E-state index in [1.807, 2.05) is 54.8 Å². The van der Waals surface area contributed by atoms with Crippen LogP contribution in [-0.4, -0.2) is 19.3 Å². The maximum atomic E-state index is 12.0. The fourth-order valence-electron chi connectivity index (χ4n) is 1.89. The van der Waals surface area contributed by atoms with Gasteiger partial charge in [-0.3, -0.25) is 4.79 Å². The number of methoxy groups -OCH3 is 1. The summed E-state index contributed by atoms with van der Waals surface area (Å²) in [6, 6.07) is 15.3. The molecule has 0 heterocycles. The molecule has 1 N–H and O–H groups in total. The van der Waals surface area contributed by atoms with Crippen molar-refractivity contribution in [2.24, 2.45) is 0 Å². The molecule has 108 valence electrons. The zero-order valence-electron chi connectivity index (χ0n) is 12.0. The van der Waals surface area contributed by atoms with Crippen LogP contribution in [0.25, 0.3) is 6.08 Å². The number of thioether (sulfide) groups is 1. The second-order valence-electron chi connectivity index (χ2n) is 4.26. The van der Waals surface area contributed by atoms with Crippen molar-refractivity contribution in [2.45, 2.75) is 4.90 Å². The molecule has 2 rings (SSSR count). The third-order valence-electron chi connectivity index (χ3n) is 2.92. The Morgan fingerprint density at radius 3 is 2.62 bits per heavy atom. The number of benzene rings is 2. The van der Waals surface area contributed by atoms with E-state index in [1.165, 1.54) is 6.08 Å². The van der Waals surface area contributed by atoms with Crippen molar-refractivity contribution in [3.8, 4) is 5.75 Å². The molecule has 0 aliphatic rings. The molecular formula is C17H17NO2S. The maximum absolute atomic E-state index is 12.0. The standard InChI is InChI=1S/C17H17NO2S/c1-20-15-9-5-3-7-13(15)11-12-17(19)18-14-8-4-6-10-16(14)21-2/h3-12H,1-2H3,(H,18,19)/b12-11+. The fourth-order valence-corrected chi connectivity index (χ4v) is 2.45. The minimum absolute atomic E-state index is 0.164. The Morgan fingerprint density at radius 2 is 1.86 bits per heavy atom. The lowest BCUT2D eigenvalue weighted by Gasteiger charge is -2.07. The number of para-hydroxylation sites is 2. The SMILES string of the molecule is COc1ccccc1/C=C/C(=O)Nc1ccccc1SC. The summed E-state index contributed by atoms with van der Waals surface area (Å²) >= 11 is 1.60. The molecule has 1 amide bonds. The van der Waals surface area contributed by atoms with Gasteiger partial charge in [0, 0.05) is 16.5 Å². The summed E-state index contributed by atoms with van der Waals surface area (Å²) in [6.45, 7) is 0. The first-order valence-electron chi connectivity index (χ1n) is 6.49. The predicted octanol–water partition coefficient (Wildman–Crippen LogP) is 4.07. The average molecular weight is 299 g/mol. The molecule has 0 spiro atoms. The van der Waals surface area contributed by atoms with Gasteiger partial charge in [0.15, 0.2) is 0 Å². The summed E-state index contributed by atoms with van der Waals surface area (Å²) in [5, 5.41) is 2.88. The normalized spacial score (nSPS) is 10.6. The van der Waals surface area contributed by atoms with Gasteiger partial charge in [-0.15, -0.1) is 11.8 Å². The minimum Gasteiger partial charge on any atom is -0.496 e. The molecule has 0 unspecified atom stereocenters. The second kappa shape index (κ2) is 7.55. The highest BCUT2D eigenvalue weighted by Crippen LogP contribution is 2.24. The first kappa shape index (κ1) is 15.2. The number of rotatable bonds is 5. The highest BCUT2D eigenvalue weighted by molar-refractivity contribution is 7.98. The van der Waals surface area contributed by atoms with Gasteiger partial charge in [0.25, 0.3) is 0 Å². The van der Waals surface area contributed by atoms with Gasteiger partial charge in [-0.05, 0) is 30.5 Å². The monoisotopic (exact) mass is 299 g/mol. The smallest absolute Gasteiger partial charge is 0.248 e. The molecule has 2 aromatic carbocycles. The Morgan fingerprint density at radius 1 is 1.14 bits per heavy atom. The van der Waals surface area contributed by atoms with Gasteiger partial charge in [-0.25, -0.2) is 0 Å². The van der Waals surface area contributed by atoms with Crippen LogP contribution >= 0.6 is 11.8 Å². The Hall–Kier alpha value is -2.20. The van der Waals surface area contributed by atoms with Crippen LogP contribution < -0.4 is 10.1 Å². The van der Waals surface area contributed by atoms with E-state index in [2.05, 4.69) is 5.32 Å². The van der Waals surface area contributed by atoms with E-state index in [1.54, 1.807) is 24.9 Å². The van der Waals surface area contributed by atoms with Crippen molar-refractivity contribution in [3.63, 3.8) is 0 Å². The summed E-state index contributed by atoms with van der Waals surface area (Å²) in [5.41, 5.74) is 1.69. The third kappa shape index (κ3) is 4.13. The molecule has 4 heteroatoms. The van der Waals surface area contributed by atoms with Gasteiger partial charge in [0.2, 0.25) is 5.91 Å². The van der Waals surface area contributed by atoms with E-state index in [-0.39, 0.29) is 5.91 Å². The van der Waals surface area contributed by atoms with E-state index in [0.29, 0.717) is 0 Å². The molecule has 0 aliphatic heterocycles. The van der Waals surface area contributed by atoms with Crippen molar-refractivity contribution in [1.82, 2.24) is 0 Å². The Labute approximate surface area is 129 Å². The summed E-state index contributed by atoms with van der Waals surface area (Å²) in [6.07, 6.45) is 5.24. The van der Waals surface area contributed by atoms with Crippen LogP contribution in [0.4, 0.5) is 5.69 Å². The van der Waals surface area contributed by atoms with Gasteiger partial charge >= 0.3 is 0 Å². The zero-order chi connectivity index (χ0) is 15.1. The molecule has 0 bridgehead atoms. The molecule has 21 heavy (non-hydrogen) atoms. The van der Waals surface area contributed by atoms with Gasteiger partial charge in [0.05, 0.1) is 12.8 Å². The number of amides is 1. The molecule has 0 aliphatic carbocycles.